The summed E-state index contributed by atoms with van der Waals surface area (Å²) < 4.78 is 2.04. The number of aryl methyl sites for hydroxylation is 1. The molecule has 0 aliphatic carbocycles. The SMILES string of the molecule is CNCCN(C)Cc1cn(C(C)C)nc1C. The highest BCUT2D eigenvalue weighted by atomic mass is 15.3. The quantitative estimate of drug-likeness (QED) is 0.793. The lowest BCUT2D eigenvalue weighted by atomic mass is 10.2. The molecule has 1 N–H and O–H groups in total. The fraction of sp³-hybridized carbons (Fsp3) is 0.750. The number of likely N-dealkylation sites (N-methyl/N-ethyl adjacent to an activating group) is 2. The van der Waals surface area contributed by atoms with Gasteiger partial charge in [-0.05, 0) is 34.9 Å². The Kier molecular flexibility index (Phi) is 4.96. The number of hydrogen-bond donors (Lipinski definition) is 1. The molecule has 0 amide bonds. The Morgan fingerprint density at radius 1 is 1.50 bits per heavy atom. The van der Waals surface area contributed by atoms with Crippen molar-refractivity contribution in [3.63, 3.8) is 0 Å². The van der Waals surface area contributed by atoms with E-state index < -0.39 is 0 Å². The second kappa shape index (κ2) is 6.01. The minimum Gasteiger partial charge on any atom is -0.318 e. The first-order valence-electron chi connectivity index (χ1n) is 5.92. The third kappa shape index (κ3) is 3.61. The van der Waals surface area contributed by atoms with E-state index >= 15 is 0 Å². The fourth-order valence-electron chi connectivity index (χ4n) is 1.61. The molecule has 4 heteroatoms. The van der Waals surface area contributed by atoms with Crippen LogP contribution in [-0.2, 0) is 6.54 Å². The molecule has 4 nitrogen and oxygen atoms in total. The Bertz CT molecular complexity index is 317. The van der Waals surface area contributed by atoms with Crippen molar-refractivity contribution in [2.45, 2.75) is 33.4 Å². The van der Waals surface area contributed by atoms with Crippen LogP contribution in [0.25, 0.3) is 0 Å². The van der Waals surface area contributed by atoms with E-state index in [0.717, 1.165) is 25.3 Å². The molecule has 0 saturated heterocycles. The van der Waals surface area contributed by atoms with E-state index in [-0.39, 0.29) is 0 Å². The van der Waals surface area contributed by atoms with Gasteiger partial charge in [0, 0.05) is 37.4 Å². The number of rotatable bonds is 6. The number of nitrogens with zero attached hydrogens (tertiary/aromatic N) is 3. The van der Waals surface area contributed by atoms with Crippen molar-refractivity contribution >= 4 is 0 Å². The smallest absolute Gasteiger partial charge is 0.0638 e. The Labute approximate surface area is 98.6 Å². The van der Waals surface area contributed by atoms with Crippen molar-refractivity contribution < 1.29 is 0 Å². The van der Waals surface area contributed by atoms with Crippen LogP contribution in [0.2, 0.25) is 0 Å². The minimum atomic E-state index is 0.440. The van der Waals surface area contributed by atoms with Crippen LogP contribution in [0.3, 0.4) is 0 Å². The second-order valence-electron chi connectivity index (χ2n) is 4.65. The fourth-order valence-corrected chi connectivity index (χ4v) is 1.61. The van der Waals surface area contributed by atoms with E-state index in [1.807, 2.05) is 11.7 Å². The number of hydrogen-bond acceptors (Lipinski definition) is 3. The summed E-state index contributed by atoms with van der Waals surface area (Å²) in [6, 6.07) is 0.440. The summed E-state index contributed by atoms with van der Waals surface area (Å²) in [4.78, 5) is 2.31. The molecule has 16 heavy (non-hydrogen) atoms. The topological polar surface area (TPSA) is 33.1 Å². The minimum absolute atomic E-state index is 0.440. The monoisotopic (exact) mass is 224 g/mol. The van der Waals surface area contributed by atoms with Crippen molar-refractivity contribution in [3.8, 4) is 0 Å². The van der Waals surface area contributed by atoms with Gasteiger partial charge < -0.3 is 10.2 Å². The molecular formula is C12H24N4. The van der Waals surface area contributed by atoms with Crippen LogP contribution in [0.15, 0.2) is 6.20 Å². The molecule has 1 aromatic heterocycles. The summed E-state index contributed by atoms with van der Waals surface area (Å²) in [5.74, 6) is 0. The summed E-state index contributed by atoms with van der Waals surface area (Å²) >= 11 is 0. The molecule has 0 aliphatic heterocycles. The maximum atomic E-state index is 4.52. The molecular weight excluding hydrogens is 200 g/mol. The first-order chi connectivity index (χ1) is 7.54. The molecule has 0 aromatic carbocycles. The van der Waals surface area contributed by atoms with Crippen LogP contribution in [0.5, 0.6) is 0 Å². The lowest BCUT2D eigenvalue weighted by Gasteiger charge is -2.15. The average molecular weight is 224 g/mol. The second-order valence-corrected chi connectivity index (χ2v) is 4.65. The van der Waals surface area contributed by atoms with Gasteiger partial charge in [-0.15, -0.1) is 0 Å². The van der Waals surface area contributed by atoms with E-state index in [1.54, 1.807) is 0 Å². The Balaban J connectivity index is 2.59. The molecule has 0 saturated carbocycles. The first kappa shape index (κ1) is 13.2. The molecule has 1 heterocycles. The van der Waals surface area contributed by atoms with Gasteiger partial charge in [0.1, 0.15) is 0 Å². The molecule has 0 unspecified atom stereocenters. The third-order valence-electron chi connectivity index (χ3n) is 2.73. The number of aromatic nitrogens is 2. The zero-order valence-corrected chi connectivity index (χ0v) is 11.1. The molecule has 0 fully saturated rings. The standard InChI is InChI=1S/C12H24N4/c1-10(2)16-9-12(11(3)14-16)8-15(5)7-6-13-4/h9-10,13H,6-8H2,1-5H3. The van der Waals surface area contributed by atoms with Crippen LogP contribution < -0.4 is 5.32 Å². The molecule has 0 aliphatic rings. The van der Waals surface area contributed by atoms with Gasteiger partial charge in [-0.1, -0.05) is 0 Å². The average Bonchev–Trinajstić information content (AvgIpc) is 2.57. The van der Waals surface area contributed by atoms with E-state index in [0.29, 0.717) is 6.04 Å². The Morgan fingerprint density at radius 3 is 2.69 bits per heavy atom. The van der Waals surface area contributed by atoms with Crippen molar-refractivity contribution in [1.82, 2.24) is 20.0 Å². The largest absolute Gasteiger partial charge is 0.318 e. The van der Waals surface area contributed by atoms with E-state index in [1.165, 1.54) is 5.56 Å². The maximum absolute atomic E-state index is 4.52. The van der Waals surface area contributed by atoms with Gasteiger partial charge in [-0.3, -0.25) is 4.68 Å². The molecule has 0 atom stereocenters. The Hall–Kier alpha value is -0.870. The summed E-state index contributed by atoms with van der Waals surface area (Å²) in [5, 5.41) is 7.68. The van der Waals surface area contributed by atoms with Crippen LogP contribution in [0, 0.1) is 6.92 Å². The normalized spacial score (nSPS) is 11.7. The maximum Gasteiger partial charge on any atom is 0.0638 e. The predicted molar refractivity (Wildman–Crippen MR) is 67.6 cm³/mol. The van der Waals surface area contributed by atoms with Gasteiger partial charge in [0.15, 0.2) is 0 Å². The highest BCUT2D eigenvalue weighted by molar-refractivity contribution is 5.15. The molecule has 0 radical (unpaired) electrons. The molecule has 0 bridgehead atoms. The van der Waals surface area contributed by atoms with Crippen molar-refractivity contribution in [2.75, 3.05) is 27.2 Å². The van der Waals surface area contributed by atoms with Crippen molar-refractivity contribution in [3.05, 3.63) is 17.5 Å². The summed E-state index contributed by atoms with van der Waals surface area (Å²) in [6.07, 6.45) is 2.16. The van der Waals surface area contributed by atoms with Crippen LogP contribution >= 0.6 is 0 Å². The summed E-state index contributed by atoms with van der Waals surface area (Å²) in [6.45, 7) is 9.44. The van der Waals surface area contributed by atoms with Gasteiger partial charge in [0.2, 0.25) is 0 Å². The van der Waals surface area contributed by atoms with Gasteiger partial charge in [0.25, 0.3) is 0 Å². The van der Waals surface area contributed by atoms with Crippen LogP contribution in [-0.4, -0.2) is 41.9 Å². The Morgan fingerprint density at radius 2 is 2.19 bits per heavy atom. The zero-order valence-electron chi connectivity index (χ0n) is 11.1. The summed E-state index contributed by atoms with van der Waals surface area (Å²) in [5.41, 5.74) is 2.47. The van der Waals surface area contributed by atoms with E-state index in [4.69, 9.17) is 0 Å². The highest BCUT2D eigenvalue weighted by Gasteiger charge is 2.08. The van der Waals surface area contributed by atoms with Gasteiger partial charge in [0.05, 0.1) is 5.69 Å². The molecule has 1 aromatic rings. The van der Waals surface area contributed by atoms with Crippen molar-refractivity contribution in [1.29, 1.82) is 0 Å². The van der Waals surface area contributed by atoms with Crippen LogP contribution in [0.4, 0.5) is 0 Å². The lowest BCUT2D eigenvalue weighted by Crippen LogP contribution is -2.27. The third-order valence-corrected chi connectivity index (χ3v) is 2.73. The van der Waals surface area contributed by atoms with E-state index in [9.17, 15) is 0 Å². The molecule has 1 rings (SSSR count). The molecule has 0 spiro atoms. The predicted octanol–water partition coefficient (Wildman–Crippen LogP) is 1.42. The van der Waals surface area contributed by atoms with Gasteiger partial charge in [-0.25, -0.2) is 0 Å². The summed E-state index contributed by atoms with van der Waals surface area (Å²) in [7, 11) is 4.12. The van der Waals surface area contributed by atoms with Crippen molar-refractivity contribution in [2.24, 2.45) is 0 Å². The first-order valence-corrected chi connectivity index (χ1v) is 5.92. The number of nitrogens with one attached hydrogen (secondary N) is 1. The van der Waals surface area contributed by atoms with E-state index in [2.05, 4.69) is 49.3 Å². The van der Waals surface area contributed by atoms with Crippen LogP contribution in [0.1, 0.15) is 31.1 Å². The molecule has 92 valence electrons. The lowest BCUT2D eigenvalue weighted by molar-refractivity contribution is 0.327. The zero-order chi connectivity index (χ0) is 12.1. The van der Waals surface area contributed by atoms with Gasteiger partial charge in [-0.2, -0.15) is 5.10 Å². The highest BCUT2D eigenvalue weighted by Crippen LogP contribution is 2.12. The van der Waals surface area contributed by atoms with Gasteiger partial charge >= 0.3 is 0 Å².